The second-order valence-electron chi connectivity index (χ2n) is 6.88. The van der Waals surface area contributed by atoms with Crippen LogP contribution in [0.5, 0.6) is 11.5 Å². The standard InChI is InChI=1S/C25H22N2O3S/c1-29-21-12-20(13-22(14-21)30-2)24(28)26-15-17-8-10-19(11-9-17)25-27-23(16-31-25)18-6-4-3-5-7-18/h3-14,16H,15H2,1-2H3,(H,26,28). The molecule has 0 radical (unpaired) electrons. The molecule has 156 valence electrons. The maximum atomic E-state index is 12.5. The predicted molar refractivity (Wildman–Crippen MR) is 124 cm³/mol. The van der Waals surface area contributed by atoms with Gasteiger partial charge in [-0.2, -0.15) is 0 Å². The number of carbonyl (C=O) groups excluding carboxylic acids is 1. The Morgan fingerprint density at radius 3 is 2.23 bits per heavy atom. The van der Waals surface area contributed by atoms with E-state index >= 15 is 0 Å². The number of carbonyl (C=O) groups is 1. The molecule has 4 rings (SSSR count). The van der Waals surface area contributed by atoms with E-state index in [4.69, 9.17) is 14.5 Å². The minimum absolute atomic E-state index is 0.186. The molecule has 0 aliphatic heterocycles. The number of ether oxygens (including phenoxy) is 2. The molecular weight excluding hydrogens is 408 g/mol. The highest BCUT2D eigenvalue weighted by molar-refractivity contribution is 7.13. The van der Waals surface area contributed by atoms with Crippen molar-refractivity contribution in [2.75, 3.05) is 14.2 Å². The van der Waals surface area contributed by atoms with Crippen molar-refractivity contribution in [3.63, 3.8) is 0 Å². The van der Waals surface area contributed by atoms with Gasteiger partial charge in [-0.05, 0) is 17.7 Å². The highest BCUT2D eigenvalue weighted by Gasteiger charge is 2.10. The minimum Gasteiger partial charge on any atom is -0.497 e. The first-order chi connectivity index (χ1) is 15.2. The molecule has 5 nitrogen and oxygen atoms in total. The summed E-state index contributed by atoms with van der Waals surface area (Å²) in [6.07, 6.45) is 0. The van der Waals surface area contributed by atoms with Crippen LogP contribution in [0.3, 0.4) is 0 Å². The van der Waals surface area contributed by atoms with Crippen LogP contribution in [0.1, 0.15) is 15.9 Å². The monoisotopic (exact) mass is 430 g/mol. The Hall–Kier alpha value is -3.64. The molecular formula is C25H22N2O3S. The molecule has 31 heavy (non-hydrogen) atoms. The van der Waals surface area contributed by atoms with Crippen LogP contribution in [-0.2, 0) is 6.54 Å². The van der Waals surface area contributed by atoms with Crippen molar-refractivity contribution >= 4 is 17.2 Å². The molecule has 0 bridgehead atoms. The first kappa shape index (κ1) is 20.6. The van der Waals surface area contributed by atoms with Crippen LogP contribution in [0.15, 0.2) is 78.2 Å². The molecule has 0 saturated heterocycles. The Balaban J connectivity index is 1.41. The number of nitrogens with one attached hydrogen (secondary N) is 1. The largest absolute Gasteiger partial charge is 0.497 e. The molecule has 0 spiro atoms. The van der Waals surface area contributed by atoms with Gasteiger partial charge in [-0.25, -0.2) is 4.98 Å². The fourth-order valence-corrected chi connectivity index (χ4v) is 3.97. The summed E-state index contributed by atoms with van der Waals surface area (Å²) in [5, 5.41) is 5.98. The maximum Gasteiger partial charge on any atom is 0.251 e. The first-order valence-electron chi connectivity index (χ1n) is 9.78. The molecule has 1 amide bonds. The normalized spacial score (nSPS) is 10.5. The molecule has 1 aromatic heterocycles. The lowest BCUT2D eigenvalue weighted by Gasteiger charge is -2.09. The quantitative estimate of drug-likeness (QED) is 0.425. The van der Waals surface area contributed by atoms with Gasteiger partial charge in [0.25, 0.3) is 5.91 Å². The third-order valence-corrected chi connectivity index (χ3v) is 5.73. The molecule has 0 aliphatic rings. The van der Waals surface area contributed by atoms with Gasteiger partial charge in [0.15, 0.2) is 0 Å². The van der Waals surface area contributed by atoms with Crippen molar-refractivity contribution in [1.29, 1.82) is 0 Å². The van der Waals surface area contributed by atoms with Crippen LogP contribution in [0.4, 0.5) is 0 Å². The van der Waals surface area contributed by atoms with Gasteiger partial charge >= 0.3 is 0 Å². The van der Waals surface area contributed by atoms with Crippen molar-refractivity contribution in [2.24, 2.45) is 0 Å². The van der Waals surface area contributed by atoms with Crippen LogP contribution in [0, 0.1) is 0 Å². The first-order valence-corrected chi connectivity index (χ1v) is 10.7. The van der Waals surface area contributed by atoms with Gasteiger partial charge < -0.3 is 14.8 Å². The molecule has 0 aliphatic carbocycles. The van der Waals surface area contributed by atoms with Crippen molar-refractivity contribution in [1.82, 2.24) is 10.3 Å². The predicted octanol–water partition coefficient (Wildman–Crippen LogP) is 5.42. The van der Waals surface area contributed by atoms with Gasteiger partial charge in [-0.3, -0.25) is 4.79 Å². The lowest BCUT2D eigenvalue weighted by atomic mass is 10.1. The lowest BCUT2D eigenvalue weighted by molar-refractivity contribution is 0.0950. The minimum atomic E-state index is -0.186. The van der Waals surface area contributed by atoms with Gasteiger partial charge in [0.05, 0.1) is 19.9 Å². The van der Waals surface area contributed by atoms with E-state index in [1.54, 1.807) is 43.8 Å². The number of hydrogen-bond acceptors (Lipinski definition) is 5. The van der Waals surface area contributed by atoms with E-state index in [1.807, 2.05) is 42.5 Å². The number of methoxy groups -OCH3 is 2. The fraction of sp³-hybridized carbons (Fsp3) is 0.120. The molecule has 0 saturated carbocycles. The third-order valence-electron chi connectivity index (χ3n) is 4.84. The van der Waals surface area contributed by atoms with E-state index in [1.165, 1.54) is 0 Å². The topological polar surface area (TPSA) is 60.5 Å². The smallest absolute Gasteiger partial charge is 0.251 e. The molecule has 0 atom stereocenters. The second-order valence-corrected chi connectivity index (χ2v) is 7.74. The zero-order valence-corrected chi connectivity index (χ0v) is 18.1. The second kappa shape index (κ2) is 9.45. The third kappa shape index (κ3) is 4.92. The van der Waals surface area contributed by atoms with E-state index in [0.29, 0.717) is 23.6 Å². The summed E-state index contributed by atoms with van der Waals surface area (Å²) < 4.78 is 10.5. The van der Waals surface area contributed by atoms with Crippen LogP contribution < -0.4 is 14.8 Å². The highest BCUT2D eigenvalue weighted by Crippen LogP contribution is 2.29. The summed E-state index contributed by atoms with van der Waals surface area (Å²) in [6.45, 7) is 0.422. The Morgan fingerprint density at radius 2 is 1.58 bits per heavy atom. The number of thiazole rings is 1. The number of hydrogen-bond donors (Lipinski definition) is 1. The maximum absolute atomic E-state index is 12.5. The molecule has 1 N–H and O–H groups in total. The van der Waals surface area contributed by atoms with E-state index in [2.05, 4.69) is 22.8 Å². The fourth-order valence-electron chi connectivity index (χ4n) is 3.14. The average molecular weight is 431 g/mol. The van der Waals surface area contributed by atoms with E-state index in [-0.39, 0.29) is 5.91 Å². The van der Waals surface area contributed by atoms with Crippen molar-refractivity contribution in [3.8, 4) is 33.3 Å². The van der Waals surface area contributed by atoms with Gasteiger partial charge in [-0.1, -0.05) is 54.6 Å². The van der Waals surface area contributed by atoms with E-state index < -0.39 is 0 Å². The molecule has 0 unspecified atom stereocenters. The number of rotatable bonds is 7. The Labute approximate surface area is 185 Å². The number of nitrogens with zero attached hydrogens (tertiary/aromatic N) is 1. The van der Waals surface area contributed by atoms with Crippen LogP contribution in [0.2, 0.25) is 0 Å². The van der Waals surface area contributed by atoms with Gasteiger partial charge in [0, 0.05) is 34.7 Å². The van der Waals surface area contributed by atoms with Crippen LogP contribution >= 0.6 is 11.3 Å². The molecule has 6 heteroatoms. The summed E-state index contributed by atoms with van der Waals surface area (Å²) >= 11 is 1.62. The number of benzene rings is 3. The Bertz CT molecular complexity index is 1150. The zero-order chi connectivity index (χ0) is 21.6. The molecule has 4 aromatic rings. The molecule has 1 heterocycles. The van der Waals surface area contributed by atoms with Crippen LogP contribution in [0.25, 0.3) is 21.8 Å². The highest BCUT2D eigenvalue weighted by atomic mass is 32.1. The van der Waals surface area contributed by atoms with E-state index in [9.17, 15) is 4.79 Å². The summed E-state index contributed by atoms with van der Waals surface area (Å²) in [5.74, 6) is 0.966. The zero-order valence-electron chi connectivity index (χ0n) is 17.3. The number of amides is 1. The summed E-state index contributed by atoms with van der Waals surface area (Å²) in [4.78, 5) is 17.3. The van der Waals surface area contributed by atoms with Gasteiger partial charge in [0.1, 0.15) is 16.5 Å². The Morgan fingerprint density at radius 1 is 0.903 bits per heavy atom. The summed E-state index contributed by atoms with van der Waals surface area (Å²) in [5.41, 5.74) is 4.64. The van der Waals surface area contributed by atoms with Crippen molar-refractivity contribution < 1.29 is 14.3 Å². The molecule has 3 aromatic carbocycles. The van der Waals surface area contributed by atoms with Gasteiger partial charge in [0.2, 0.25) is 0 Å². The summed E-state index contributed by atoms with van der Waals surface area (Å²) in [6, 6.07) is 23.3. The molecule has 0 fully saturated rings. The van der Waals surface area contributed by atoms with Crippen molar-refractivity contribution in [2.45, 2.75) is 6.54 Å². The number of aromatic nitrogens is 1. The summed E-state index contributed by atoms with van der Waals surface area (Å²) in [7, 11) is 3.12. The lowest BCUT2D eigenvalue weighted by Crippen LogP contribution is -2.22. The van der Waals surface area contributed by atoms with Gasteiger partial charge in [-0.15, -0.1) is 11.3 Å². The SMILES string of the molecule is COc1cc(OC)cc(C(=O)NCc2ccc(-c3nc(-c4ccccc4)cs3)cc2)c1. The average Bonchev–Trinajstić information content (AvgIpc) is 3.33. The van der Waals surface area contributed by atoms with E-state index in [0.717, 1.165) is 27.4 Å². The van der Waals surface area contributed by atoms with Crippen LogP contribution in [-0.4, -0.2) is 25.1 Å². The Kier molecular flexibility index (Phi) is 6.29. The van der Waals surface area contributed by atoms with Crippen molar-refractivity contribution in [3.05, 3.63) is 89.3 Å².